The first-order chi connectivity index (χ1) is 6.45. The summed E-state index contributed by atoms with van der Waals surface area (Å²) in [6.45, 7) is 0. The van der Waals surface area contributed by atoms with Gasteiger partial charge >= 0.3 is 88.3 Å². The Morgan fingerprint density at radius 1 is 1.14 bits per heavy atom. The molecule has 0 spiro atoms. The summed E-state index contributed by atoms with van der Waals surface area (Å²) < 4.78 is 2.98. The quantitative estimate of drug-likeness (QED) is 0.709. The summed E-state index contributed by atoms with van der Waals surface area (Å²) in [5.41, 5.74) is 1.50. The van der Waals surface area contributed by atoms with Crippen LogP contribution in [0.25, 0.3) is 0 Å². The van der Waals surface area contributed by atoms with Crippen LogP contribution in [0.4, 0.5) is 0 Å². The minimum Gasteiger partial charge on any atom is -0.147 e. The van der Waals surface area contributed by atoms with Gasteiger partial charge in [-0.15, -0.1) is 12.4 Å². The third-order valence-corrected chi connectivity index (χ3v) is 4.34. The molecular weight excluding hydrogens is 227 g/mol. The molecule has 0 unspecified atom stereocenters. The molecule has 0 heterocycles. The zero-order chi connectivity index (χ0) is 8.93. The Balaban J connectivity index is 0.000000980. The van der Waals surface area contributed by atoms with Crippen LogP contribution in [0.1, 0.15) is 12.0 Å². The Morgan fingerprint density at radius 2 is 1.93 bits per heavy atom. The van der Waals surface area contributed by atoms with Crippen LogP contribution in [0.5, 0.6) is 0 Å². The van der Waals surface area contributed by atoms with Gasteiger partial charge in [-0.3, -0.25) is 0 Å². The van der Waals surface area contributed by atoms with Crippen LogP contribution in [-0.4, -0.2) is 0 Å². The summed E-state index contributed by atoms with van der Waals surface area (Å²) in [6.07, 6.45) is 7.95. The molecule has 72 valence electrons. The van der Waals surface area contributed by atoms with E-state index in [4.69, 9.17) is 0 Å². The monoisotopic (exact) mass is 240 g/mol. The van der Waals surface area contributed by atoms with Crippen molar-refractivity contribution in [2.45, 2.75) is 11.1 Å². The Labute approximate surface area is 100 Å². The van der Waals surface area contributed by atoms with Gasteiger partial charge in [-0.1, -0.05) is 0 Å². The minimum absolute atomic E-state index is 0. The summed E-state index contributed by atoms with van der Waals surface area (Å²) in [7, 11) is 0. The fraction of sp³-hybridized carbons (Fsp3) is 0.167. The van der Waals surface area contributed by atoms with Crippen LogP contribution in [0.3, 0.4) is 0 Å². The molecule has 0 aliphatic heterocycles. The van der Waals surface area contributed by atoms with E-state index in [1.165, 1.54) is 16.7 Å². The van der Waals surface area contributed by atoms with E-state index in [0.29, 0.717) is 0 Å². The van der Waals surface area contributed by atoms with Crippen LogP contribution in [0.2, 0.25) is 0 Å². The van der Waals surface area contributed by atoms with Gasteiger partial charge in [0.15, 0.2) is 0 Å². The van der Waals surface area contributed by atoms with Gasteiger partial charge in [0.1, 0.15) is 0 Å². The molecule has 0 radical (unpaired) electrons. The Morgan fingerprint density at radius 3 is 2.57 bits per heavy atom. The fourth-order valence-corrected chi connectivity index (χ4v) is 3.17. The van der Waals surface area contributed by atoms with Crippen LogP contribution >= 0.6 is 12.4 Å². The van der Waals surface area contributed by atoms with Gasteiger partial charge in [-0.2, -0.15) is 0 Å². The minimum atomic E-state index is 0. The van der Waals surface area contributed by atoms with Gasteiger partial charge < -0.3 is 0 Å². The number of halogens is 1. The molecule has 1 aliphatic carbocycles. The Hall–Kier alpha value is -0.296. The molecule has 1 aromatic carbocycles. The van der Waals surface area contributed by atoms with Gasteiger partial charge in [0.05, 0.1) is 0 Å². The van der Waals surface area contributed by atoms with Gasteiger partial charge in [-0.25, -0.2) is 0 Å². The first kappa shape index (κ1) is 11.8. The maximum absolute atomic E-state index is 2.29. The molecule has 2 rings (SSSR count). The molecule has 0 aromatic heterocycles. The molecule has 0 fully saturated rings. The predicted molar refractivity (Wildman–Crippen MR) is 59.2 cm³/mol. The van der Waals surface area contributed by atoms with E-state index >= 15 is 0 Å². The van der Waals surface area contributed by atoms with Crippen LogP contribution in [0, 0.1) is 0 Å². The number of benzene rings is 1. The first-order valence-corrected chi connectivity index (χ1v) is 6.47. The second-order valence-electron chi connectivity index (χ2n) is 3.16. The van der Waals surface area contributed by atoms with E-state index in [2.05, 4.69) is 48.6 Å². The topological polar surface area (TPSA) is 0 Å². The van der Waals surface area contributed by atoms with E-state index in [9.17, 15) is 0 Å². The molecule has 0 N–H and O–H groups in total. The molecule has 1 aliphatic rings. The molecule has 1 aromatic rings. The maximum atomic E-state index is 2.29. The van der Waals surface area contributed by atoms with Gasteiger partial charge in [-0.05, 0) is 0 Å². The third kappa shape index (κ3) is 3.45. The summed E-state index contributed by atoms with van der Waals surface area (Å²) in [4.78, 5) is 0. The average molecular weight is 241 g/mol. The number of allylic oxidation sites excluding steroid dienone is 4. The number of rotatable bonds is 3. The van der Waals surface area contributed by atoms with Crippen molar-refractivity contribution in [3.8, 4) is 0 Å². The summed E-state index contributed by atoms with van der Waals surface area (Å²) in [5.74, 6) is 0. The van der Waals surface area contributed by atoms with Gasteiger partial charge in [0.25, 0.3) is 0 Å². The zero-order valence-electron chi connectivity index (χ0n) is 7.94. The van der Waals surface area contributed by atoms with Gasteiger partial charge in [0, 0.05) is 0 Å². The van der Waals surface area contributed by atoms with Crippen LogP contribution in [0.15, 0.2) is 52.4 Å². The van der Waals surface area contributed by atoms with Crippen molar-refractivity contribution in [2.75, 3.05) is 0 Å². The van der Waals surface area contributed by atoms with Crippen molar-refractivity contribution in [3.05, 3.63) is 58.0 Å². The second kappa shape index (κ2) is 6.24. The van der Waals surface area contributed by atoms with Crippen LogP contribution < -0.4 is 0 Å². The largest absolute Gasteiger partial charge is 0.147 e. The van der Waals surface area contributed by atoms with Crippen molar-refractivity contribution < 1.29 is 19.2 Å². The smallest absolute Gasteiger partial charge is 0.147 e. The fourth-order valence-electron chi connectivity index (χ4n) is 1.39. The zero-order valence-corrected chi connectivity index (χ0v) is 10.3. The molecule has 2 heteroatoms. The summed E-state index contributed by atoms with van der Waals surface area (Å²) in [5, 5.41) is 0. The standard InChI is InChI=1S/C7H7.C5H5.ClH.Ti/c1-7-5-3-2-4-6-7;1-2-4-5-3-1;;/h2-6H,1H2;1-3H,4H2;1H;. The van der Waals surface area contributed by atoms with E-state index < -0.39 is 0 Å². The average Bonchev–Trinajstić information content (AvgIpc) is 2.69. The van der Waals surface area contributed by atoms with Crippen molar-refractivity contribution in [1.82, 2.24) is 0 Å². The first-order valence-electron chi connectivity index (χ1n) is 4.58. The molecule has 0 bridgehead atoms. The van der Waals surface area contributed by atoms with Crippen molar-refractivity contribution in [1.29, 1.82) is 0 Å². The molecule has 0 nitrogen and oxygen atoms in total. The second-order valence-corrected chi connectivity index (χ2v) is 5.27. The normalized spacial score (nSPS) is 13.3. The maximum Gasteiger partial charge on any atom is -0.147 e. The number of hydrogen-bond acceptors (Lipinski definition) is 0. The molecular formula is C12H13ClTi. The Bertz CT molecular complexity index is 327. The SMILES string of the molecule is C1=CC[C]([Ti][CH2]c2ccccc2)=C1.Cl. The molecule has 0 saturated carbocycles. The van der Waals surface area contributed by atoms with Crippen molar-refractivity contribution >= 4 is 12.4 Å². The van der Waals surface area contributed by atoms with E-state index in [0.717, 1.165) is 0 Å². The third-order valence-electron chi connectivity index (χ3n) is 2.13. The van der Waals surface area contributed by atoms with Crippen LogP contribution in [-0.2, 0) is 23.9 Å². The molecule has 0 atom stereocenters. The summed E-state index contributed by atoms with van der Waals surface area (Å²) in [6, 6.07) is 10.8. The van der Waals surface area contributed by atoms with Crippen molar-refractivity contribution in [2.24, 2.45) is 0 Å². The van der Waals surface area contributed by atoms with E-state index in [1.54, 1.807) is 3.88 Å². The van der Waals surface area contributed by atoms with E-state index in [1.807, 2.05) is 0 Å². The predicted octanol–water partition coefficient (Wildman–Crippen LogP) is 3.53. The molecule has 0 saturated heterocycles. The van der Waals surface area contributed by atoms with Gasteiger partial charge in [0.2, 0.25) is 0 Å². The summed E-state index contributed by atoms with van der Waals surface area (Å²) >= 11 is 0.110. The van der Waals surface area contributed by atoms with E-state index in [-0.39, 0.29) is 31.6 Å². The molecule has 0 amide bonds. The molecule has 14 heavy (non-hydrogen) atoms. The number of hydrogen-bond donors (Lipinski definition) is 0. The Kier molecular flexibility index (Phi) is 5.25. The van der Waals surface area contributed by atoms with Crippen molar-refractivity contribution in [3.63, 3.8) is 0 Å².